The third-order valence-electron chi connectivity index (χ3n) is 4.39. The van der Waals surface area contributed by atoms with Gasteiger partial charge in [0.25, 0.3) is 5.56 Å². The minimum Gasteiger partial charge on any atom is -0.287 e. The maximum Gasteiger partial charge on any atom is 0.332 e. The second-order valence-electron chi connectivity index (χ2n) is 6.23. The molecule has 0 unspecified atom stereocenters. The number of hydrogen-bond donors (Lipinski definition) is 0. The normalized spacial score (nSPS) is 11.1. The fraction of sp³-hybridized carbons (Fsp3) is 0.100. The van der Waals surface area contributed by atoms with Gasteiger partial charge in [-0.05, 0) is 47.5 Å². The van der Waals surface area contributed by atoms with Crippen LogP contribution in [0.1, 0.15) is 11.1 Å². The number of aromatic nitrogens is 4. The van der Waals surface area contributed by atoms with Crippen molar-refractivity contribution < 1.29 is 0 Å². The number of halogens is 2. The number of rotatable bonds is 4. The van der Waals surface area contributed by atoms with Crippen molar-refractivity contribution >= 4 is 34.2 Å². The van der Waals surface area contributed by atoms with Crippen LogP contribution in [0.4, 0.5) is 0 Å². The van der Waals surface area contributed by atoms with Gasteiger partial charge in [-0.25, -0.2) is 9.78 Å². The molecule has 0 saturated carbocycles. The zero-order valence-corrected chi connectivity index (χ0v) is 16.1. The molecule has 0 atom stereocenters. The molecule has 0 aliphatic carbocycles. The van der Waals surface area contributed by atoms with E-state index >= 15 is 0 Å². The minimum atomic E-state index is -0.453. The van der Waals surface area contributed by atoms with Gasteiger partial charge >= 0.3 is 5.69 Å². The summed E-state index contributed by atoms with van der Waals surface area (Å²) >= 11 is 12.4. The topological polar surface area (TPSA) is 69.8 Å². The molecule has 28 heavy (non-hydrogen) atoms. The summed E-state index contributed by atoms with van der Waals surface area (Å²) in [6.45, 7) is 0.259. The van der Waals surface area contributed by atoms with Crippen LogP contribution in [-0.2, 0) is 13.1 Å². The van der Waals surface area contributed by atoms with Crippen LogP contribution in [-0.4, -0.2) is 19.1 Å². The van der Waals surface area contributed by atoms with Crippen molar-refractivity contribution in [2.75, 3.05) is 0 Å². The molecule has 8 heteroatoms. The van der Waals surface area contributed by atoms with E-state index in [2.05, 4.69) is 9.97 Å². The second kappa shape index (κ2) is 7.58. The molecule has 3 aromatic heterocycles. The van der Waals surface area contributed by atoms with E-state index in [1.54, 1.807) is 54.9 Å². The fourth-order valence-electron chi connectivity index (χ4n) is 3.04. The van der Waals surface area contributed by atoms with Crippen molar-refractivity contribution in [2.24, 2.45) is 0 Å². The zero-order chi connectivity index (χ0) is 19.7. The van der Waals surface area contributed by atoms with Gasteiger partial charge in [0.2, 0.25) is 0 Å². The molecule has 0 fully saturated rings. The van der Waals surface area contributed by atoms with E-state index in [9.17, 15) is 9.59 Å². The first kappa shape index (κ1) is 18.4. The van der Waals surface area contributed by atoms with Crippen LogP contribution in [0.2, 0.25) is 10.0 Å². The van der Waals surface area contributed by atoms with Gasteiger partial charge in [-0.15, -0.1) is 0 Å². The zero-order valence-electron chi connectivity index (χ0n) is 14.5. The monoisotopic (exact) mass is 412 g/mol. The van der Waals surface area contributed by atoms with Gasteiger partial charge in [-0.1, -0.05) is 29.3 Å². The van der Waals surface area contributed by atoms with Crippen LogP contribution in [0.25, 0.3) is 11.0 Å². The maximum atomic E-state index is 13.2. The molecule has 0 aliphatic heterocycles. The van der Waals surface area contributed by atoms with Crippen LogP contribution < -0.4 is 11.2 Å². The Kier molecular flexibility index (Phi) is 4.98. The lowest BCUT2D eigenvalue weighted by Crippen LogP contribution is -2.41. The number of benzene rings is 1. The molecule has 3 heterocycles. The first-order chi connectivity index (χ1) is 13.5. The Bertz CT molecular complexity index is 1280. The Morgan fingerprint density at radius 2 is 1.75 bits per heavy atom. The van der Waals surface area contributed by atoms with Crippen molar-refractivity contribution in [1.82, 2.24) is 19.1 Å². The van der Waals surface area contributed by atoms with E-state index in [-0.39, 0.29) is 18.6 Å². The highest BCUT2D eigenvalue weighted by Crippen LogP contribution is 2.22. The van der Waals surface area contributed by atoms with Gasteiger partial charge in [0.15, 0.2) is 5.52 Å². The quantitative estimate of drug-likeness (QED) is 0.515. The third-order valence-corrected chi connectivity index (χ3v) is 4.99. The molecule has 0 N–H and O–H groups in total. The molecule has 4 aromatic rings. The summed E-state index contributed by atoms with van der Waals surface area (Å²) in [5, 5.41) is 0.997. The highest BCUT2D eigenvalue weighted by atomic mass is 35.5. The van der Waals surface area contributed by atoms with Crippen molar-refractivity contribution in [3.8, 4) is 0 Å². The predicted molar refractivity (Wildman–Crippen MR) is 109 cm³/mol. The summed E-state index contributed by atoms with van der Waals surface area (Å²) in [5.74, 6) is 0. The molecule has 0 amide bonds. The van der Waals surface area contributed by atoms with E-state index in [1.165, 1.54) is 10.8 Å². The summed E-state index contributed by atoms with van der Waals surface area (Å²) < 4.78 is 2.64. The highest BCUT2D eigenvalue weighted by Gasteiger charge is 2.15. The Hall–Kier alpha value is -2.96. The summed E-state index contributed by atoms with van der Waals surface area (Å²) in [6, 6.07) is 12.0. The summed E-state index contributed by atoms with van der Waals surface area (Å²) in [4.78, 5) is 34.3. The number of nitrogens with zero attached hydrogens (tertiary/aromatic N) is 4. The van der Waals surface area contributed by atoms with Gasteiger partial charge in [-0.2, -0.15) is 0 Å². The second-order valence-corrected chi connectivity index (χ2v) is 7.07. The molecule has 140 valence electrons. The van der Waals surface area contributed by atoms with Crippen LogP contribution in [0.15, 0.2) is 70.6 Å². The Morgan fingerprint density at radius 1 is 0.929 bits per heavy atom. The smallest absolute Gasteiger partial charge is 0.287 e. The first-order valence-corrected chi connectivity index (χ1v) is 9.21. The number of fused-ring (bicyclic) bond motifs is 1. The average Bonchev–Trinajstić information content (AvgIpc) is 2.71. The standard InChI is InChI=1S/C20H14Cl2N4O2/c21-15-5-6-16(22)14(9-15)12-25-17-4-2-8-24-18(17)19(27)26(20(25)28)11-13-3-1-7-23-10-13/h1-10H,11-12H2. The maximum absolute atomic E-state index is 13.2. The van der Waals surface area contributed by atoms with E-state index in [0.29, 0.717) is 21.1 Å². The highest BCUT2D eigenvalue weighted by molar-refractivity contribution is 6.33. The van der Waals surface area contributed by atoms with Crippen LogP contribution in [0.5, 0.6) is 0 Å². The fourth-order valence-corrected chi connectivity index (χ4v) is 3.42. The Balaban J connectivity index is 1.93. The van der Waals surface area contributed by atoms with Gasteiger partial charge in [0.1, 0.15) is 0 Å². The minimum absolute atomic E-state index is 0.0985. The molecule has 4 rings (SSSR count). The number of hydrogen-bond acceptors (Lipinski definition) is 4. The Morgan fingerprint density at radius 3 is 2.54 bits per heavy atom. The molecule has 0 radical (unpaired) electrons. The lowest BCUT2D eigenvalue weighted by Gasteiger charge is -2.14. The van der Waals surface area contributed by atoms with Crippen LogP contribution in [0, 0.1) is 0 Å². The summed E-state index contributed by atoms with van der Waals surface area (Å²) in [6.07, 6.45) is 4.78. The van der Waals surface area contributed by atoms with Gasteiger partial charge in [0, 0.05) is 28.6 Å². The van der Waals surface area contributed by atoms with E-state index < -0.39 is 11.2 Å². The van der Waals surface area contributed by atoms with E-state index in [1.807, 2.05) is 0 Å². The van der Waals surface area contributed by atoms with Crippen molar-refractivity contribution in [3.63, 3.8) is 0 Å². The van der Waals surface area contributed by atoms with Gasteiger partial charge in [0.05, 0.1) is 18.6 Å². The number of pyridine rings is 2. The van der Waals surface area contributed by atoms with Crippen molar-refractivity contribution in [2.45, 2.75) is 13.1 Å². The van der Waals surface area contributed by atoms with Crippen molar-refractivity contribution in [1.29, 1.82) is 0 Å². The molecule has 6 nitrogen and oxygen atoms in total. The summed E-state index contributed by atoms with van der Waals surface area (Å²) in [7, 11) is 0. The molecular formula is C20H14Cl2N4O2. The Labute approximate surface area is 169 Å². The first-order valence-electron chi connectivity index (χ1n) is 8.46. The van der Waals surface area contributed by atoms with E-state index in [4.69, 9.17) is 23.2 Å². The largest absolute Gasteiger partial charge is 0.332 e. The SMILES string of the molecule is O=c1c2ncccc2n(Cc2cc(Cl)ccc2Cl)c(=O)n1Cc1cccnc1. The van der Waals surface area contributed by atoms with Gasteiger partial charge < -0.3 is 0 Å². The lowest BCUT2D eigenvalue weighted by atomic mass is 10.2. The predicted octanol–water partition coefficient (Wildman–Crippen LogP) is 3.36. The van der Waals surface area contributed by atoms with Crippen LogP contribution in [0.3, 0.4) is 0 Å². The van der Waals surface area contributed by atoms with Crippen LogP contribution >= 0.6 is 23.2 Å². The third kappa shape index (κ3) is 3.44. The molecule has 0 bridgehead atoms. The van der Waals surface area contributed by atoms with E-state index in [0.717, 1.165) is 10.1 Å². The molecular weight excluding hydrogens is 399 g/mol. The summed E-state index contributed by atoms with van der Waals surface area (Å²) in [5.41, 5.74) is 1.17. The average molecular weight is 413 g/mol. The van der Waals surface area contributed by atoms with Crippen molar-refractivity contribution in [3.05, 3.63) is 103 Å². The molecule has 0 saturated heterocycles. The van der Waals surface area contributed by atoms with Gasteiger partial charge in [-0.3, -0.25) is 18.9 Å². The molecule has 0 spiro atoms. The molecule has 0 aliphatic rings. The lowest BCUT2D eigenvalue weighted by molar-refractivity contribution is 0.632. The molecule has 1 aromatic carbocycles.